The number of aromatic nitrogens is 2. The molecule has 0 spiro atoms. The van der Waals surface area contributed by atoms with Crippen LogP contribution in [0.25, 0.3) is 0 Å². The van der Waals surface area contributed by atoms with Gasteiger partial charge in [-0.05, 0) is 49.4 Å². The van der Waals surface area contributed by atoms with Crippen molar-refractivity contribution in [2.75, 3.05) is 17.7 Å². The molecular weight excluding hydrogens is 252 g/mol. The summed E-state index contributed by atoms with van der Waals surface area (Å²) < 4.78 is 5.37. The van der Waals surface area contributed by atoms with Gasteiger partial charge < -0.3 is 15.8 Å². The summed E-state index contributed by atoms with van der Waals surface area (Å²) in [5, 5.41) is 3.24. The molecule has 0 saturated heterocycles. The van der Waals surface area contributed by atoms with Gasteiger partial charge in [-0.1, -0.05) is 6.07 Å². The molecule has 0 aliphatic heterocycles. The summed E-state index contributed by atoms with van der Waals surface area (Å²) >= 11 is 0. The second kappa shape index (κ2) is 5.36. The fraction of sp³-hybridized carbons (Fsp3) is 0.333. The molecule has 0 saturated carbocycles. The van der Waals surface area contributed by atoms with E-state index in [4.69, 9.17) is 10.5 Å². The Kier molecular flexibility index (Phi) is 3.41. The van der Waals surface area contributed by atoms with E-state index in [-0.39, 0.29) is 0 Å². The van der Waals surface area contributed by atoms with Crippen molar-refractivity contribution >= 4 is 17.2 Å². The van der Waals surface area contributed by atoms with Crippen molar-refractivity contribution < 1.29 is 4.74 Å². The predicted octanol–water partition coefficient (Wildman–Crippen LogP) is 2.69. The van der Waals surface area contributed by atoms with Crippen LogP contribution in [-0.2, 0) is 12.8 Å². The molecule has 0 unspecified atom stereocenters. The molecule has 0 amide bonds. The Morgan fingerprint density at radius 3 is 2.95 bits per heavy atom. The van der Waals surface area contributed by atoms with Gasteiger partial charge in [-0.25, -0.2) is 4.98 Å². The first-order valence-electron chi connectivity index (χ1n) is 6.90. The summed E-state index contributed by atoms with van der Waals surface area (Å²) in [6.07, 6.45) is 5.02. The molecule has 1 aromatic carbocycles. The Morgan fingerprint density at radius 2 is 2.10 bits per heavy atom. The van der Waals surface area contributed by atoms with E-state index in [1.165, 1.54) is 30.3 Å². The van der Waals surface area contributed by atoms with Crippen molar-refractivity contribution in [1.82, 2.24) is 9.97 Å². The molecule has 3 rings (SSSR count). The lowest BCUT2D eigenvalue weighted by Gasteiger charge is -2.12. The Hall–Kier alpha value is -2.30. The van der Waals surface area contributed by atoms with Gasteiger partial charge in [0.2, 0.25) is 5.88 Å². The van der Waals surface area contributed by atoms with Crippen LogP contribution >= 0.6 is 0 Å². The number of hydrogen-bond acceptors (Lipinski definition) is 5. The standard InChI is InChI=1S/C15H18N4O/c1-2-20-15-13(16)14(17-9-18-15)19-12-7-6-10-4-3-5-11(10)8-12/h6-9H,2-5,16H2,1H3,(H,17,18,19). The van der Waals surface area contributed by atoms with Gasteiger partial charge >= 0.3 is 0 Å². The van der Waals surface area contributed by atoms with Crippen molar-refractivity contribution in [3.05, 3.63) is 35.7 Å². The predicted molar refractivity (Wildman–Crippen MR) is 79.4 cm³/mol. The molecule has 0 bridgehead atoms. The van der Waals surface area contributed by atoms with Crippen molar-refractivity contribution in [1.29, 1.82) is 0 Å². The fourth-order valence-corrected chi connectivity index (χ4v) is 2.52. The minimum atomic E-state index is 0.422. The summed E-state index contributed by atoms with van der Waals surface area (Å²) in [7, 11) is 0. The molecule has 0 atom stereocenters. The van der Waals surface area contributed by atoms with E-state index >= 15 is 0 Å². The first-order chi connectivity index (χ1) is 9.78. The van der Waals surface area contributed by atoms with Crippen LogP contribution in [0.15, 0.2) is 24.5 Å². The first kappa shape index (κ1) is 12.7. The van der Waals surface area contributed by atoms with Crippen molar-refractivity contribution in [2.45, 2.75) is 26.2 Å². The van der Waals surface area contributed by atoms with E-state index in [1.54, 1.807) is 0 Å². The van der Waals surface area contributed by atoms with E-state index in [2.05, 4.69) is 33.5 Å². The Bertz CT molecular complexity index is 627. The van der Waals surface area contributed by atoms with Gasteiger partial charge in [0.25, 0.3) is 0 Å². The lowest BCUT2D eigenvalue weighted by atomic mass is 10.1. The van der Waals surface area contributed by atoms with Crippen LogP contribution in [0.3, 0.4) is 0 Å². The molecule has 0 radical (unpaired) electrons. The number of hydrogen-bond donors (Lipinski definition) is 2. The molecule has 1 aliphatic rings. The van der Waals surface area contributed by atoms with E-state index in [1.807, 2.05) is 6.92 Å². The Balaban J connectivity index is 1.86. The molecule has 5 nitrogen and oxygen atoms in total. The minimum absolute atomic E-state index is 0.422. The topological polar surface area (TPSA) is 73.1 Å². The average molecular weight is 270 g/mol. The van der Waals surface area contributed by atoms with Crippen molar-refractivity contribution in [3.8, 4) is 5.88 Å². The van der Waals surface area contributed by atoms with Crippen LogP contribution in [0.2, 0.25) is 0 Å². The van der Waals surface area contributed by atoms with Gasteiger partial charge in [0, 0.05) is 5.69 Å². The van der Waals surface area contributed by atoms with E-state index in [0.29, 0.717) is 24.0 Å². The van der Waals surface area contributed by atoms with Crippen molar-refractivity contribution in [3.63, 3.8) is 0 Å². The second-order valence-corrected chi connectivity index (χ2v) is 4.84. The molecule has 1 aromatic heterocycles. The van der Waals surface area contributed by atoms with Crippen LogP contribution < -0.4 is 15.8 Å². The zero-order valence-corrected chi connectivity index (χ0v) is 11.5. The minimum Gasteiger partial charge on any atom is -0.476 e. The third kappa shape index (κ3) is 2.39. The molecule has 104 valence electrons. The zero-order valence-electron chi connectivity index (χ0n) is 11.5. The lowest BCUT2D eigenvalue weighted by Crippen LogP contribution is -2.05. The first-order valence-corrected chi connectivity index (χ1v) is 6.90. The summed E-state index contributed by atoms with van der Waals surface area (Å²) in [6, 6.07) is 6.40. The smallest absolute Gasteiger partial charge is 0.242 e. The summed E-state index contributed by atoms with van der Waals surface area (Å²) in [4.78, 5) is 8.21. The van der Waals surface area contributed by atoms with Crippen molar-refractivity contribution in [2.24, 2.45) is 0 Å². The SMILES string of the molecule is CCOc1ncnc(Nc2ccc3c(c2)CCC3)c1N. The molecule has 1 heterocycles. The van der Waals surface area contributed by atoms with Crippen LogP contribution in [0.5, 0.6) is 5.88 Å². The second-order valence-electron chi connectivity index (χ2n) is 4.84. The monoisotopic (exact) mass is 270 g/mol. The third-order valence-electron chi connectivity index (χ3n) is 3.49. The largest absolute Gasteiger partial charge is 0.476 e. The quantitative estimate of drug-likeness (QED) is 0.893. The number of nitrogens with two attached hydrogens (primary N) is 1. The van der Waals surface area contributed by atoms with E-state index in [9.17, 15) is 0 Å². The van der Waals surface area contributed by atoms with Gasteiger partial charge in [-0.3, -0.25) is 0 Å². The lowest BCUT2D eigenvalue weighted by molar-refractivity contribution is 0.328. The number of anilines is 3. The number of nitrogen functional groups attached to an aromatic ring is 1. The molecule has 1 aliphatic carbocycles. The number of fused-ring (bicyclic) bond motifs is 1. The number of aryl methyl sites for hydroxylation is 2. The van der Waals surface area contributed by atoms with Crippen LogP contribution in [0.4, 0.5) is 17.2 Å². The fourth-order valence-electron chi connectivity index (χ4n) is 2.52. The number of rotatable bonds is 4. The van der Waals surface area contributed by atoms with Gasteiger partial charge in [0.1, 0.15) is 12.0 Å². The highest BCUT2D eigenvalue weighted by Crippen LogP contribution is 2.30. The number of benzene rings is 1. The van der Waals surface area contributed by atoms with Crippen LogP contribution in [-0.4, -0.2) is 16.6 Å². The Labute approximate surface area is 118 Å². The molecule has 5 heteroatoms. The highest BCUT2D eigenvalue weighted by Gasteiger charge is 2.13. The maximum absolute atomic E-state index is 6.02. The molecule has 2 aromatic rings. The third-order valence-corrected chi connectivity index (χ3v) is 3.49. The van der Waals surface area contributed by atoms with Crippen LogP contribution in [0.1, 0.15) is 24.5 Å². The molecular formula is C15H18N4O. The molecule has 3 N–H and O–H groups in total. The van der Waals surface area contributed by atoms with Gasteiger partial charge in [0.15, 0.2) is 5.82 Å². The maximum atomic E-state index is 6.02. The number of nitrogens with zero attached hydrogens (tertiary/aromatic N) is 2. The van der Waals surface area contributed by atoms with Gasteiger partial charge in [-0.15, -0.1) is 0 Å². The average Bonchev–Trinajstić information content (AvgIpc) is 2.91. The molecule has 0 fully saturated rings. The summed E-state index contributed by atoms with van der Waals surface area (Å²) in [5.74, 6) is 1.01. The normalized spacial score (nSPS) is 13.1. The zero-order chi connectivity index (χ0) is 13.9. The highest BCUT2D eigenvalue weighted by atomic mass is 16.5. The van der Waals surface area contributed by atoms with E-state index < -0.39 is 0 Å². The summed E-state index contributed by atoms with van der Waals surface area (Å²) in [5.41, 5.74) is 10.3. The van der Waals surface area contributed by atoms with E-state index in [0.717, 1.165) is 12.1 Å². The highest BCUT2D eigenvalue weighted by molar-refractivity contribution is 5.72. The van der Waals surface area contributed by atoms with Crippen LogP contribution in [0, 0.1) is 0 Å². The maximum Gasteiger partial charge on any atom is 0.242 e. The number of ether oxygens (including phenoxy) is 1. The molecule has 20 heavy (non-hydrogen) atoms. The summed E-state index contributed by atoms with van der Waals surface area (Å²) in [6.45, 7) is 2.43. The van der Waals surface area contributed by atoms with Gasteiger partial charge in [-0.2, -0.15) is 4.98 Å². The number of nitrogens with one attached hydrogen (secondary N) is 1. The Morgan fingerprint density at radius 1 is 1.25 bits per heavy atom. The van der Waals surface area contributed by atoms with Gasteiger partial charge in [0.05, 0.1) is 6.61 Å².